The molecular formula is C23H20F3N9O. The molecule has 0 bridgehead atoms. The lowest BCUT2D eigenvalue weighted by atomic mass is 10.1. The highest BCUT2D eigenvalue weighted by atomic mass is 19.4. The molecule has 4 aromatic heterocycles. The number of carbonyl (C=O) groups is 1. The van der Waals surface area contributed by atoms with Crippen molar-refractivity contribution in [2.45, 2.75) is 25.7 Å². The highest BCUT2D eigenvalue weighted by molar-refractivity contribution is 5.98. The Morgan fingerprint density at radius 3 is 2.67 bits per heavy atom. The summed E-state index contributed by atoms with van der Waals surface area (Å²) in [6, 6.07) is 6.72. The number of alkyl halides is 3. The van der Waals surface area contributed by atoms with E-state index in [9.17, 15) is 18.0 Å². The van der Waals surface area contributed by atoms with Crippen LogP contribution in [0.15, 0.2) is 55.2 Å². The maximum Gasteiger partial charge on any atom is 0.417 e. The Labute approximate surface area is 202 Å². The Kier molecular flexibility index (Phi) is 5.54. The monoisotopic (exact) mass is 495 g/mol. The van der Waals surface area contributed by atoms with Crippen molar-refractivity contribution in [1.29, 1.82) is 0 Å². The molecule has 0 fully saturated rings. The molecule has 1 amide bonds. The lowest BCUT2D eigenvalue weighted by molar-refractivity contribution is -0.137. The summed E-state index contributed by atoms with van der Waals surface area (Å²) in [5.74, 6) is -0.146. The lowest BCUT2D eigenvalue weighted by Gasteiger charge is -2.29. The number of benzene rings is 1. The van der Waals surface area contributed by atoms with Gasteiger partial charge in [0.05, 0.1) is 41.1 Å². The number of anilines is 1. The average Bonchev–Trinajstić information content (AvgIpc) is 3.51. The molecule has 0 saturated carbocycles. The van der Waals surface area contributed by atoms with Gasteiger partial charge in [0.25, 0.3) is 5.91 Å². The fourth-order valence-electron chi connectivity index (χ4n) is 3.96. The molecule has 4 heterocycles. The largest absolute Gasteiger partial charge is 0.417 e. The Bertz CT molecular complexity index is 1570. The van der Waals surface area contributed by atoms with E-state index in [4.69, 9.17) is 5.73 Å². The van der Waals surface area contributed by atoms with Crippen LogP contribution in [0.2, 0.25) is 0 Å². The molecule has 5 aromatic rings. The van der Waals surface area contributed by atoms with Gasteiger partial charge in [-0.2, -0.15) is 18.3 Å². The number of hydrogen-bond donors (Lipinski definition) is 1. The number of nitrogen functional groups attached to an aromatic ring is 1. The first-order chi connectivity index (χ1) is 17.1. The number of pyridine rings is 1. The molecule has 1 atom stereocenters. The zero-order valence-corrected chi connectivity index (χ0v) is 19.2. The predicted octanol–water partition coefficient (Wildman–Crippen LogP) is 3.41. The highest BCUT2D eigenvalue weighted by Crippen LogP contribution is 2.30. The third kappa shape index (κ3) is 4.19. The van der Waals surface area contributed by atoms with E-state index in [1.165, 1.54) is 17.3 Å². The minimum absolute atomic E-state index is 0.0207. The number of aryl methyl sites for hydroxylation is 1. The molecule has 184 valence electrons. The quantitative estimate of drug-likeness (QED) is 0.397. The number of fused-ring (bicyclic) bond motifs is 3. The van der Waals surface area contributed by atoms with Crippen LogP contribution in [0.3, 0.4) is 0 Å². The van der Waals surface area contributed by atoms with Crippen molar-refractivity contribution in [2.24, 2.45) is 7.05 Å². The molecule has 0 aliphatic heterocycles. The molecule has 1 aromatic carbocycles. The first-order valence-electron chi connectivity index (χ1n) is 10.8. The summed E-state index contributed by atoms with van der Waals surface area (Å²) in [5.41, 5.74) is 7.99. The third-order valence-electron chi connectivity index (χ3n) is 5.92. The third-order valence-corrected chi connectivity index (χ3v) is 5.92. The maximum absolute atomic E-state index is 13.8. The van der Waals surface area contributed by atoms with E-state index in [2.05, 4.69) is 25.3 Å². The van der Waals surface area contributed by atoms with Crippen LogP contribution in [0.4, 0.5) is 19.0 Å². The zero-order valence-electron chi connectivity index (χ0n) is 19.2. The summed E-state index contributed by atoms with van der Waals surface area (Å²) in [6.45, 7) is 1.80. The van der Waals surface area contributed by atoms with Crippen LogP contribution in [-0.4, -0.2) is 45.2 Å². The number of nitrogens with zero attached hydrogens (tertiary/aromatic N) is 8. The van der Waals surface area contributed by atoms with Crippen molar-refractivity contribution in [3.05, 3.63) is 77.6 Å². The van der Waals surface area contributed by atoms with E-state index in [1.807, 2.05) is 6.92 Å². The number of nitrogens with two attached hydrogens (primary N) is 1. The van der Waals surface area contributed by atoms with Crippen LogP contribution in [0.1, 0.15) is 40.1 Å². The molecule has 10 nitrogen and oxygen atoms in total. The first-order valence-corrected chi connectivity index (χ1v) is 10.8. The van der Waals surface area contributed by atoms with E-state index in [0.29, 0.717) is 27.9 Å². The number of rotatable bonds is 5. The molecule has 13 heteroatoms. The van der Waals surface area contributed by atoms with Gasteiger partial charge in [-0.05, 0) is 37.3 Å². The van der Waals surface area contributed by atoms with Crippen molar-refractivity contribution in [3.8, 4) is 0 Å². The minimum atomic E-state index is -4.50. The second-order valence-electron chi connectivity index (χ2n) is 8.32. The van der Waals surface area contributed by atoms with Crippen LogP contribution in [-0.2, 0) is 19.8 Å². The average molecular weight is 495 g/mol. The summed E-state index contributed by atoms with van der Waals surface area (Å²) in [5, 5.41) is 12.0. The molecule has 0 aliphatic carbocycles. The molecule has 0 saturated heterocycles. The Morgan fingerprint density at radius 2 is 2.00 bits per heavy atom. The van der Waals surface area contributed by atoms with Crippen molar-refractivity contribution in [3.63, 3.8) is 0 Å². The van der Waals surface area contributed by atoms with Crippen molar-refractivity contribution in [2.75, 3.05) is 5.73 Å². The Morgan fingerprint density at radius 1 is 1.19 bits per heavy atom. The van der Waals surface area contributed by atoms with Gasteiger partial charge in [-0.15, -0.1) is 10.2 Å². The summed E-state index contributed by atoms with van der Waals surface area (Å²) in [7, 11) is 1.76. The molecule has 0 spiro atoms. The molecule has 0 unspecified atom stereocenters. The molecule has 36 heavy (non-hydrogen) atoms. The molecule has 2 N–H and O–H groups in total. The van der Waals surface area contributed by atoms with Crippen LogP contribution in [0.5, 0.6) is 0 Å². The second kappa shape index (κ2) is 8.59. The standard InChI is InChI=1S/C23H20F3N9O/c1-13(15-8-30-33(2)10-15)34(11-17-5-4-16(9-28-17)23(24,25)26)22(36)14-3-6-18-19(7-14)35-12-29-32-21(35)20(27)31-18/h3-10,12-13H,11H2,1-2H3,(H2,27,31)/t13-/m1/s1. The highest BCUT2D eigenvalue weighted by Gasteiger charge is 2.31. The van der Waals surface area contributed by atoms with E-state index in [0.717, 1.165) is 17.8 Å². The number of aromatic nitrogens is 7. The summed E-state index contributed by atoms with van der Waals surface area (Å²) >= 11 is 0. The Balaban J connectivity index is 1.54. The number of carbonyl (C=O) groups excluding carboxylic acids is 1. The van der Waals surface area contributed by atoms with Crippen molar-refractivity contribution >= 4 is 28.4 Å². The van der Waals surface area contributed by atoms with Gasteiger partial charge < -0.3 is 10.6 Å². The normalized spacial score (nSPS) is 12.8. The van der Waals surface area contributed by atoms with Gasteiger partial charge in [0.2, 0.25) is 5.65 Å². The summed E-state index contributed by atoms with van der Waals surface area (Å²) < 4.78 is 42.2. The van der Waals surface area contributed by atoms with Crippen molar-refractivity contribution in [1.82, 2.24) is 39.2 Å². The van der Waals surface area contributed by atoms with Gasteiger partial charge in [0.1, 0.15) is 6.33 Å². The lowest BCUT2D eigenvalue weighted by Crippen LogP contribution is -2.33. The molecule has 0 radical (unpaired) electrons. The van der Waals surface area contributed by atoms with E-state index in [-0.39, 0.29) is 18.3 Å². The van der Waals surface area contributed by atoms with Crippen molar-refractivity contribution < 1.29 is 18.0 Å². The smallest absolute Gasteiger partial charge is 0.381 e. The summed E-state index contributed by atoms with van der Waals surface area (Å²) in [4.78, 5) is 23.6. The van der Waals surface area contributed by atoms with Crippen LogP contribution < -0.4 is 5.73 Å². The van der Waals surface area contributed by atoms with Gasteiger partial charge in [-0.1, -0.05) is 0 Å². The number of halogens is 3. The van der Waals surface area contributed by atoms with Gasteiger partial charge in [-0.3, -0.25) is 18.9 Å². The van der Waals surface area contributed by atoms with E-state index >= 15 is 0 Å². The fourth-order valence-corrected chi connectivity index (χ4v) is 3.96. The van der Waals surface area contributed by atoms with Crippen LogP contribution in [0.25, 0.3) is 16.7 Å². The SMILES string of the molecule is C[C@H](c1cnn(C)c1)N(Cc1ccc(C(F)(F)F)cn1)C(=O)c1ccc2nc(N)c3nncn3c2c1. The second-order valence-corrected chi connectivity index (χ2v) is 8.32. The fraction of sp³-hybridized carbons (Fsp3) is 0.217. The maximum atomic E-state index is 13.8. The molecule has 0 aliphatic rings. The topological polar surface area (TPSA) is 120 Å². The predicted molar refractivity (Wildman–Crippen MR) is 123 cm³/mol. The molecule has 5 rings (SSSR count). The van der Waals surface area contributed by atoms with Crippen LogP contribution in [0, 0.1) is 0 Å². The zero-order chi connectivity index (χ0) is 25.6. The van der Waals surface area contributed by atoms with E-state index < -0.39 is 17.8 Å². The number of amides is 1. The van der Waals surface area contributed by atoms with Gasteiger partial charge in [0.15, 0.2) is 5.82 Å². The van der Waals surface area contributed by atoms with E-state index in [1.54, 1.807) is 46.7 Å². The summed E-state index contributed by atoms with van der Waals surface area (Å²) in [6.07, 6.45) is 1.16. The molecular weight excluding hydrogens is 475 g/mol. The first kappa shape index (κ1) is 23.2. The number of hydrogen-bond acceptors (Lipinski definition) is 7. The Hall–Kier alpha value is -4.55. The van der Waals surface area contributed by atoms with Crippen LogP contribution >= 0.6 is 0 Å². The van der Waals surface area contributed by atoms with Gasteiger partial charge in [-0.25, -0.2) is 4.98 Å². The minimum Gasteiger partial charge on any atom is -0.381 e. The van der Waals surface area contributed by atoms with Gasteiger partial charge >= 0.3 is 6.18 Å². The van der Waals surface area contributed by atoms with Gasteiger partial charge in [0, 0.05) is 30.6 Å².